The van der Waals surface area contributed by atoms with Gasteiger partial charge in [-0.1, -0.05) is 45.1 Å². The second kappa shape index (κ2) is 9.38. The van der Waals surface area contributed by atoms with Crippen molar-refractivity contribution in [3.05, 3.63) is 24.3 Å². The zero-order valence-electron chi connectivity index (χ0n) is 15.9. The number of hydrogen-bond donors (Lipinski definition) is 2. The summed E-state index contributed by atoms with van der Waals surface area (Å²) in [6.45, 7) is 10.5. The van der Waals surface area contributed by atoms with Crippen LogP contribution in [0.4, 0.5) is 20.7 Å². The number of ether oxygens (including phenoxy) is 1. The number of nitrogens with zero attached hydrogens (tertiary/aromatic N) is 3. The van der Waals surface area contributed by atoms with Gasteiger partial charge in [0, 0.05) is 24.8 Å². The van der Waals surface area contributed by atoms with E-state index in [0.29, 0.717) is 28.4 Å². The fraction of sp³-hybridized carbons (Fsp3) is 0.500. The fourth-order valence-corrected chi connectivity index (χ4v) is 3.22. The van der Waals surface area contributed by atoms with Gasteiger partial charge in [-0.2, -0.15) is 0 Å². The first kappa shape index (κ1) is 20.0. The van der Waals surface area contributed by atoms with E-state index in [9.17, 15) is 4.79 Å². The lowest BCUT2D eigenvalue weighted by Gasteiger charge is -2.25. The highest BCUT2D eigenvalue weighted by atomic mass is 32.1. The summed E-state index contributed by atoms with van der Waals surface area (Å²) >= 11 is 1.38. The van der Waals surface area contributed by atoms with E-state index in [1.807, 2.05) is 12.1 Å². The molecular formula is C18H27N5O2S. The minimum absolute atomic E-state index is 0.361. The summed E-state index contributed by atoms with van der Waals surface area (Å²) in [5, 5.41) is 15.1. The largest absolute Gasteiger partial charge is 0.497 e. The van der Waals surface area contributed by atoms with E-state index < -0.39 is 0 Å². The van der Waals surface area contributed by atoms with Gasteiger partial charge in [-0.05, 0) is 24.0 Å². The SMILES string of the molecule is COc1cccc(NC(=O)Nc2nnc(N(CC(C)C)CC(C)C)s2)c1. The summed E-state index contributed by atoms with van der Waals surface area (Å²) in [4.78, 5) is 14.4. The molecular weight excluding hydrogens is 350 g/mol. The van der Waals surface area contributed by atoms with Crippen LogP contribution in [0.15, 0.2) is 24.3 Å². The molecule has 0 saturated heterocycles. The zero-order chi connectivity index (χ0) is 19.1. The third-order valence-corrected chi connectivity index (χ3v) is 4.30. The first-order chi connectivity index (χ1) is 12.4. The van der Waals surface area contributed by atoms with Crippen LogP contribution >= 0.6 is 11.3 Å². The standard InChI is InChI=1S/C18H27N5O2S/c1-12(2)10-23(11-13(3)4)18-22-21-17(26-18)20-16(24)19-14-7-6-8-15(9-14)25-5/h6-9,12-13H,10-11H2,1-5H3,(H2,19,20,21,24). The molecule has 0 aliphatic heterocycles. The zero-order valence-corrected chi connectivity index (χ0v) is 16.8. The second-order valence-electron chi connectivity index (χ2n) is 6.89. The molecule has 26 heavy (non-hydrogen) atoms. The Morgan fingerprint density at radius 2 is 1.85 bits per heavy atom. The molecule has 0 unspecified atom stereocenters. The summed E-state index contributed by atoms with van der Waals surface area (Å²) in [6.07, 6.45) is 0. The van der Waals surface area contributed by atoms with Gasteiger partial charge in [0.25, 0.3) is 0 Å². The van der Waals surface area contributed by atoms with Gasteiger partial charge in [0.1, 0.15) is 5.75 Å². The maximum Gasteiger partial charge on any atom is 0.325 e. The molecule has 1 heterocycles. The van der Waals surface area contributed by atoms with Crippen LogP contribution in [-0.4, -0.2) is 36.4 Å². The van der Waals surface area contributed by atoms with Crippen molar-refractivity contribution in [3.63, 3.8) is 0 Å². The Balaban J connectivity index is 2.00. The number of hydrogen-bond acceptors (Lipinski definition) is 6. The van der Waals surface area contributed by atoms with Gasteiger partial charge in [-0.15, -0.1) is 10.2 Å². The summed E-state index contributed by atoms with van der Waals surface area (Å²) in [5.41, 5.74) is 0.646. The number of nitrogens with one attached hydrogen (secondary N) is 2. The van der Waals surface area contributed by atoms with Crippen molar-refractivity contribution in [1.82, 2.24) is 10.2 Å². The van der Waals surface area contributed by atoms with Crippen LogP contribution < -0.4 is 20.3 Å². The van der Waals surface area contributed by atoms with Crippen LogP contribution in [0.25, 0.3) is 0 Å². The van der Waals surface area contributed by atoms with E-state index in [1.54, 1.807) is 19.2 Å². The van der Waals surface area contributed by atoms with E-state index >= 15 is 0 Å². The number of amides is 2. The Morgan fingerprint density at radius 3 is 2.46 bits per heavy atom. The molecule has 2 rings (SSSR count). The Bertz CT molecular complexity index is 707. The number of anilines is 3. The lowest BCUT2D eigenvalue weighted by atomic mass is 10.1. The van der Waals surface area contributed by atoms with Gasteiger partial charge >= 0.3 is 6.03 Å². The molecule has 1 aromatic carbocycles. The van der Waals surface area contributed by atoms with Crippen molar-refractivity contribution in [2.24, 2.45) is 11.8 Å². The van der Waals surface area contributed by atoms with E-state index in [4.69, 9.17) is 4.74 Å². The molecule has 7 nitrogen and oxygen atoms in total. The molecule has 0 atom stereocenters. The van der Waals surface area contributed by atoms with E-state index in [1.165, 1.54) is 11.3 Å². The third kappa shape index (κ3) is 6.18. The van der Waals surface area contributed by atoms with Gasteiger partial charge in [0.2, 0.25) is 10.3 Å². The maximum atomic E-state index is 12.2. The van der Waals surface area contributed by atoms with Crippen molar-refractivity contribution in [2.45, 2.75) is 27.7 Å². The lowest BCUT2D eigenvalue weighted by Crippen LogP contribution is -2.31. The number of benzene rings is 1. The Hall–Kier alpha value is -2.35. The van der Waals surface area contributed by atoms with Crippen molar-refractivity contribution in [2.75, 3.05) is 35.7 Å². The Morgan fingerprint density at radius 1 is 1.15 bits per heavy atom. The molecule has 0 aliphatic rings. The van der Waals surface area contributed by atoms with Crippen molar-refractivity contribution < 1.29 is 9.53 Å². The highest BCUT2D eigenvalue weighted by Gasteiger charge is 2.16. The average molecular weight is 378 g/mol. The number of urea groups is 1. The highest BCUT2D eigenvalue weighted by Crippen LogP contribution is 2.26. The maximum absolute atomic E-state index is 12.2. The molecule has 0 fully saturated rings. The predicted molar refractivity (Wildman–Crippen MR) is 107 cm³/mol. The molecule has 142 valence electrons. The summed E-state index contributed by atoms with van der Waals surface area (Å²) in [6, 6.07) is 6.81. The molecule has 0 saturated carbocycles. The smallest absolute Gasteiger partial charge is 0.325 e. The van der Waals surface area contributed by atoms with E-state index in [0.717, 1.165) is 18.2 Å². The molecule has 0 aliphatic carbocycles. The molecule has 8 heteroatoms. The number of methoxy groups -OCH3 is 1. The van der Waals surface area contributed by atoms with Gasteiger partial charge in [0.15, 0.2) is 0 Å². The Kier molecular flexibility index (Phi) is 7.20. The average Bonchev–Trinajstić information content (AvgIpc) is 3.01. The molecule has 1 aromatic heterocycles. The second-order valence-corrected chi connectivity index (χ2v) is 7.85. The quantitative estimate of drug-likeness (QED) is 0.717. The van der Waals surface area contributed by atoms with Gasteiger partial charge in [0.05, 0.1) is 7.11 Å². The molecule has 0 spiro atoms. The van der Waals surface area contributed by atoms with Crippen LogP contribution in [0, 0.1) is 11.8 Å². The van der Waals surface area contributed by atoms with E-state index in [2.05, 4.69) is 53.4 Å². The van der Waals surface area contributed by atoms with Crippen LogP contribution in [0.5, 0.6) is 5.75 Å². The molecule has 2 aromatic rings. The van der Waals surface area contributed by atoms with Crippen LogP contribution in [-0.2, 0) is 0 Å². The molecule has 2 N–H and O–H groups in total. The van der Waals surface area contributed by atoms with Gasteiger partial charge < -0.3 is 15.0 Å². The van der Waals surface area contributed by atoms with Gasteiger partial charge in [-0.25, -0.2) is 4.79 Å². The third-order valence-electron chi connectivity index (χ3n) is 3.40. The number of carbonyl (C=O) groups is 1. The first-order valence-corrected chi connectivity index (χ1v) is 9.49. The Labute approximate surface area is 158 Å². The van der Waals surface area contributed by atoms with Gasteiger partial charge in [-0.3, -0.25) is 5.32 Å². The predicted octanol–water partition coefficient (Wildman–Crippen LogP) is 4.31. The van der Waals surface area contributed by atoms with Crippen LogP contribution in [0.1, 0.15) is 27.7 Å². The summed E-state index contributed by atoms with van der Waals surface area (Å²) in [7, 11) is 1.59. The number of aromatic nitrogens is 2. The summed E-state index contributed by atoms with van der Waals surface area (Å²) < 4.78 is 5.15. The minimum Gasteiger partial charge on any atom is -0.497 e. The van der Waals surface area contributed by atoms with Crippen LogP contribution in [0.3, 0.4) is 0 Å². The molecule has 2 amide bonds. The molecule has 0 bridgehead atoms. The van der Waals surface area contributed by atoms with Crippen molar-refractivity contribution in [3.8, 4) is 5.75 Å². The van der Waals surface area contributed by atoms with Crippen molar-refractivity contribution in [1.29, 1.82) is 0 Å². The lowest BCUT2D eigenvalue weighted by molar-refractivity contribution is 0.262. The highest BCUT2D eigenvalue weighted by molar-refractivity contribution is 7.19. The first-order valence-electron chi connectivity index (χ1n) is 8.68. The van der Waals surface area contributed by atoms with Crippen molar-refractivity contribution >= 4 is 33.3 Å². The van der Waals surface area contributed by atoms with Crippen LogP contribution in [0.2, 0.25) is 0 Å². The fourth-order valence-electron chi connectivity index (χ4n) is 2.47. The topological polar surface area (TPSA) is 79.4 Å². The summed E-state index contributed by atoms with van der Waals surface area (Å²) in [5.74, 6) is 1.72. The monoisotopic (exact) mass is 377 g/mol. The number of carbonyl (C=O) groups excluding carboxylic acids is 1. The normalized spacial score (nSPS) is 10.9. The molecule has 0 radical (unpaired) electrons. The number of rotatable bonds is 8. The van der Waals surface area contributed by atoms with E-state index in [-0.39, 0.29) is 6.03 Å². The minimum atomic E-state index is -0.361.